The summed E-state index contributed by atoms with van der Waals surface area (Å²) in [6.45, 7) is 6.39. The summed E-state index contributed by atoms with van der Waals surface area (Å²) in [5.74, 6) is -0.135. The SMILES string of the molecule is CCc1ccc(CNC(=O)C(C)C(C)N)cc1. The Hall–Kier alpha value is -1.35. The van der Waals surface area contributed by atoms with E-state index in [0.29, 0.717) is 6.54 Å². The largest absolute Gasteiger partial charge is 0.352 e. The number of hydrogen-bond acceptors (Lipinski definition) is 2. The summed E-state index contributed by atoms with van der Waals surface area (Å²) in [4.78, 5) is 11.7. The predicted molar refractivity (Wildman–Crippen MR) is 70.5 cm³/mol. The van der Waals surface area contributed by atoms with Gasteiger partial charge in [-0.3, -0.25) is 4.79 Å². The Morgan fingerprint density at radius 2 is 1.76 bits per heavy atom. The van der Waals surface area contributed by atoms with E-state index in [1.807, 2.05) is 13.8 Å². The summed E-state index contributed by atoms with van der Waals surface area (Å²) in [6.07, 6.45) is 1.04. The van der Waals surface area contributed by atoms with Crippen molar-refractivity contribution < 1.29 is 4.79 Å². The quantitative estimate of drug-likeness (QED) is 0.817. The van der Waals surface area contributed by atoms with Crippen molar-refractivity contribution in [2.45, 2.75) is 39.8 Å². The van der Waals surface area contributed by atoms with Crippen molar-refractivity contribution >= 4 is 5.91 Å². The molecule has 0 aliphatic heterocycles. The van der Waals surface area contributed by atoms with Gasteiger partial charge in [0.1, 0.15) is 0 Å². The number of hydrogen-bond donors (Lipinski definition) is 2. The minimum absolute atomic E-state index is 0.0135. The van der Waals surface area contributed by atoms with Crippen molar-refractivity contribution in [1.29, 1.82) is 0 Å². The van der Waals surface area contributed by atoms with Gasteiger partial charge in [0.15, 0.2) is 0 Å². The number of nitrogens with two attached hydrogens (primary N) is 1. The number of benzene rings is 1. The van der Waals surface area contributed by atoms with Crippen LogP contribution in [0.2, 0.25) is 0 Å². The van der Waals surface area contributed by atoms with Crippen molar-refractivity contribution in [3.8, 4) is 0 Å². The van der Waals surface area contributed by atoms with Gasteiger partial charge < -0.3 is 11.1 Å². The predicted octanol–water partition coefficient (Wildman–Crippen LogP) is 1.85. The molecule has 1 amide bonds. The lowest BCUT2D eigenvalue weighted by atomic mass is 10.0. The summed E-state index contributed by atoms with van der Waals surface area (Å²) in [5, 5.41) is 2.90. The minimum atomic E-state index is -0.148. The maximum absolute atomic E-state index is 11.7. The number of amides is 1. The molecule has 94 valence electrons. The van der Waals surface area contributed by atoms with E-state index in [0.717, 1.165) is 12.0 Å². The number of carbonyl (C=O) groups excluding carboxylic acids is 1. The van der Waals surface area contributed by atoms with E-state index in [-0.39, 0.29) is 17.9 Å². The summed E-state index contributed by atoms with van der Waals surface area (Å²) in [6, 6.07) is 8.18. The molecule has 2 unspecified atom stereocenters. The van der Waals surface area contributed by atoms with Crippen LogP contribution in [-0.4, -0.2) is 11.9 Å². The zero-order valence-corrected chi connectivity index (χ0v) is 10.9. The zero-order valence-electron chi connectivity index (χ0n) is 10.9. The second kappa shape index (κ2) is 6.40. The van der Waals surface area contributed by atoms with Crippen molar-refractivity contribution in [3.05, 3.63) is 35.4 Å². The highest BCUT2D eigenvalue weighted by Gasteiger charge is 2.16. The second-order valence-corrected chi connectivity index (χ2v) is 4.54. The topological polar surface area (TPSA) is 55.1 Å². The van der Waals surface area contributed by atoms with Crippen LogP contribution in [0, 0.1) is 5.92 Å². The number of nitrogens with one attached hydrogen (secondary N) is 1. The first-order valence-corrected chi connectivity index (χ1v) is 6.15. The van der Waals surface area contributed by atoms with E-state index in [1.54, 1.807) is 0 Å². The summed E-state index contributed by atoms with van der Waals surface area (Å²) in [5.41, 5.74) is 8.11. The molecule has 0 heterocycles. The zero-order chi connectivity index (χ0) is 12.8. The maximum Gasteiger partial charge on any atom is 0.224 e. The molecule has 3 N–H and O–H groups in total. The molecule has 17 heavy (non-hydrogen) atoms. The van der Waals surface area contributed by atoms with E-state index in [1.165, 1.54) is 5.56 Å². The van der Waals surface area contributed by atoms with E-state index >= 15 is 0 Å². The van der Waals surface area contributed by atoms with Gasteiger partial charge in [0, 0.05) is 18.5 Å². The summed E-state index contributed by atoms with van der Waals surface area (Å²) in [7, 11) is 0. The number of carbonyl (C=O) groups is 1. The van der Waals surface area contributed by atoms with E-state index < -0.39 is 0 Å². The van der Waals surface area contributed by atoms with Gasteiger partial charge in [0.25, 0.3) is 0 Å². The third kappa shape index (κ3) is 4.19. The molecule has 0 aliphatic carbocycles. The number of rotatable bonds is 5. The Morgan fingerprint density at radius 3 is 2.24 bits per heavy atom. The smallest absolute Gasteiger partial charge is 0.224 e. The Labute approximate surface area is 103 Å². The average Bonchev–Trinajstić information content (AvgIpc) is 2.35. The molecule has 1 aromatic carbocycles. The van der Waals surface area contributed by atoms with Gasteiger partial charge in [-0.05, 0) is 24.5 Å². The lowest BCUT2D eigenvalue weighted by molar-refractivity contribution is -0.125. The standard InChI is InChI=1S/C14H22N2O/c1-4-12-5-7-13(8-6-12)9-16-14(17)10(2)11(3)15/h5-8,10-11H,4,9,15H2,1-3H3,(H,16,17). The average molecular weight is 234 g/mol. The van der Waals surface area contributed by atoms with Crippen LogP contribution in [0.1, 0.15) is 31.9 Å². The monoisotopic (exact) mass is 234 g/mol. The molecule has 0 saturated heterocycles. The molecule has 0 bridgehead atoms. The lowest BCUT2D eigenvalue weighted by Gasteiger charge is -2.15. The molecule has 0 fully saturated rings. The van der Waals surface area contributed by atoms with Crippen LogP contribution in [0.15, 0.2) is 24.3 Å². The fraction of sp³-hybridized carbons (Fsp3) is 0.500. The molecule has 0 aliphatic rings. The minimum Gasteiger partial charge on any atom is -0.352 e. The van der Waals surface area contributed by atoms with Gasteiger partial charge in [-0.15, -0.1) is 0 Å². The van der Waals surface area contributed by atoms with Crippen LogP contribution < -0.4 is 11.1 Å². The van der Waals surface area contributed by atoms with Gasteiger partial charge in [-0.2, -0.15) is 0 Å². The Morgan fingerprint density at radius 1 is 1.24 bits per heavy atom. The molecule has 0 radical (unpaired) electrons. The normalized spacial score (nSPS) is 14.1. The second-order valence-electron chi connectivity index (χ2n) is 4.54. The van der Waals surface area contributed by atoms with Crippen molar-refractivity contribution in [2.24, 2.45) is 11.7 Å². The summed E-state index contributed by atoms with van der Waals surface area (Å²) < 4.78 is 0. The third-order valence-corrected chi connectivity index (χ3v) is 3.10. The fourth-order valence-corrected chi connectivity index (χ4v) is 1.48. The fourth-order valence-electron chi connectivity index (χ4n) is 1.48. The van der Waals surface area contributed by atoms with Crippen LogP contribution in [0.3, 0.4) is 0 Å². The van der Waals surface area contributed by atoms with Gasteiger partial charge in [0.2, 0.25) is 5.91 Å². The van der Waals surface area contributed by atoms with Crippen molar-refractivity contribution in [1.82, 2.24) is 5.32 Å². The molecule has 0 spiro atoms. The Balaban J connectivity index is 2.47. The van der Waals surface area contributed by atoms with Gasteiger partial charge in [-0.1, -0.05) is 38.1 Å². The van der Waals surface area contributed by atoms with Crippen molar-refractivity contribution in [2.75, 3.05) is 0 Å². The molecule has 1 rings (SSSR count). The molecule has 0 saturated carbocycles. The van der Waals surface area contributed by atoms with Crippen LogP contribution >= 0.6 is 0 Å². The Bertz CT molecular complexity index is 357. The molecule has 0 aromatic heterocycles. The maximum atomic E-state index is 11.7. The highest BCUT2D eigenvalue weighted by atomic mass is 16.1. The molecule has 2 atom stereocenters. The lowest BCUT2D eigenvalue weighted by Crippen LogP contribution is -2.38. The first-order chi connectivity index (χ1) is 8.04. The van der Waals surface area contributed by atoms with E-state index in [2.05, 4.69) is 36.5 Å². The van der Waals surface area contributed by atoms with Gasteiger partial charge in [-0.25, -0.2) is 0 Å². The van der Waals surface area contributed by atoms with E-state index in [9.17, 15) is 4.79 Å². The molecular weight excluding hydrogens is 212 g/mol. The third-order valence-electron chi connectivity index (χ3n) is 3.10. The van der Waals surface area contributed by atoms with Crippen LogP contribution in [0.25, 0.3) is 0 Å². The summed E-state index contributed by atoms with van der Waals surface area (Å²) >= 11 is 0. The molecular formula is C14H22N2O. The molecule has 1 aromatic rings. The van der Waals surface area contributed by atoms with Gasteiger partial charge in [0.05, 0.1) is 0 Å². The highest BCUT2D eigenvalue weighted by Crippen LogP contribution is 2.06. The number of aryl methyl sites for hydroxylation is 1. The van der Waals surface area contributed by atoms with Crippen LogP contribution in [0.5, 0.6) is 0 Å². The van der Waals surface area contributed by atoms with Crippen molar-refractivity contribution in [3.63, 3.8) is 0 Å². The van der Waals surface area contributed by atoms with Crippen LogP contribution in [-0.2, 0) is 17.8 Å². The van der Waals surface area contributed by atoms with E-state index in [4.69, 9.17) is 5.73 Å². The van der Waals surface area contributed by atoms with Crippen LogP contribution in [0.4, 0.5) is 0 Å². The van der Waals surface area contributed by atoms with Gasteiger partial charge >= 0.3 is 0 Å². The Kier molecular flexibility index (Phi) is 5.16. The molecule has 3 nitrogen and oxygen atoms in total. The first kappa shape index (κ1) is 13.7. The highest BCUT2D eigenvalue weighted by molar-refractivity contribution is 5.78. The first-order valence-electron chi connectivity index (χ1n) is 6.15. The molecule has 3 heteroatoms.